The van der Waals surface area contributed by atoms with Crippen molar-refractivity contribution in [2.24, 2.45) is 0 Å². The van der Waals surface area contributed by atoms with Crippen LogP contribution in [0.2, 0.25) is 0 Å². The fraction of sp³-hybridized carbons (Fsp3) is 0.350. The molecular weight excluding hydrogens is 300 g/mol. The first-order valence-corrected chi connectivity index (χ1v) is 8.53. The van der Waals surface area contributed by atoms with Crippen molar-refractivity contribution < 1.29 is 9.90 Å². The van der Waals surface area contributed by atoms with Crippen molar-refractivity contribution in [1.82, 2.24) is 4.90 Å². The second-order valence-electron chi connectivity index (χ2n) is 6.38. The number of aryl methyl sites for hydroxylation is 1. The van der Waals surface area contributed by atoms with E-state index in [1.807, 2.05) is 29.2 Å². The molecule has 2 aromatic rings. The third-order valence-electron chi connectivity index (χ3n) is 4.57. The molecule has 4 heteroatoms. The van der Waals surface area contributed by atoms with E-state index < -0.39 is 0 Å². The summed E-state index contributed by atoms with van der Waals surface area (Å²) in [5.74, 6) is 0. The fourth-order valence-electron chi connectivity index (χ4n) is 3.35. The monoisotopic (exact) mass is 324 g/mol. The molecule has 4 nitrogen and oxygen atoms in total. The molecule has 0 aromatic heterocycles. The molecule has 1 aliphatic rings. The van der Waals surface area contributed by atoms with E-state index in [9.17, 15) is 4.79 Å². The maximum absolute atomic E-state index is 12.5. The zero-order valence-electron chi connectivity index (χ0n) is 14.0. The van der Waals surface area contributed by atoms with E-state index in [0.717, 1.165) is 36.2 Å². The number of carbonyl (C=O) groups excluding carboxylic acids is 1. The lowest BCUT2D eigenvalue weighted by Crippen LogP contribution is -2.39. The molecule has 24 heavy (non-hydrogen) atoms. The quantitative estimate of drug-likeness (QED) is 0.892. The number of aliphatic hydroxyl groups excluding tert-OH is 1. The SMILES string of the molecule is Cc1cccc(-c2cccc(NC(=O)N3CCC[C@H]3CCO)c2)c1. The van der Waals surface area contributed by atoms with Crippen LogP contribution in [0.3, 0.4) is 0 Å². The van der Waals surface area contributed by atoms with Crippen LogP contribution >= 0.6 is 0 Å². The fourth-order valence-corrected chi connectivity index (χ4v) is 3.35. The van der Waals surface area contributed by atoms with Gasteiger partial charge < -0.3 is 15.3 Å². The summed E-state index contributed by atoms with van der Waals surface area (Å²) in [6, 6.07) is 16.3. The Morgan fingerprint density at radius 2 is 1.96 bits per heavy atom. The highest BCUT2D eigenvalue weighted by atomic mass is 16.3. The maximum atomic E-state index is 12.5. The molecule has 1 atom stereocenters. The number of aliphatic hydroxyl groups is 1. The van der Waals surface area contributed by atoms with E-state index in [2.05, 4.69) is 36.5 Å². The van der Waals surface area contributed by atoms with Gasteiger partial charge in [0.15, 0.2) is 0 Å². The van der Waals surface area contributed by atoms with Crippen molar-refractivity contribution in [2.45, 2.75) is 32.2 Å². The van der Waals surface area contributed by atoms with E-state index in [1.165, 1.54) is 5.56 Å². The van der Waals surface area contributed by atoms with Crippen LogP contribution in [0.1, 0.15) is 24.8 Å². The number of hydrogen-bond acceptors (Lipinski definition) is 2. The summed E-state index contributed by atoms with van der Waals surface area (Å²) in [5, 5.41) is 12.1. The summed E-state index contributed by atoms with van der Waals surface area (Å²) >= 11 is 0. The summed E-state index contributed by atoms with van der Waals surface area (Å²) in [6.07, 6.45) is 2.62. The van der Waals surface area contributed by atoms with Crippen molar-refractivity contribution in [3.63, 3.8) is 0 Å². The van der Waals surface area contributed by atoms with Crippen LogP contribution in [0.15, 0.2) is 48.5 Å². The zero-order chi connectivity index (χ0) is 16.9. The number of likely N-dealkylation sites (tertiary alicyclic amines) is 1. The largest absolute Gasteiger partial charge is 0.396 e. The molecule has 0 bridgehead atoms. The van der Waals surface area contributed by atoms with Crippen molar-refractivity contribution in [2.75, 3.05) is 18.5 Å². The summed E-state index contributed by atoms with van der Waals surface area (Å²) in [4.78, 5) is 14.4. The van der Waals surface area contributed by atoms with Gasteiger partial charge >= 0.3 is 6.03 Å². The van der Waals surface area contributed by atoms with Crippen LogP contribution in [0, 0.1) is 6.92 Å². The molecule has 2 N–H and O–H groups in total. The normalized spacial score (nSPS) is 17.1. The number of benzene rings is 2. The molecule has 3 rings (SSSR count). The number of nitrogens with one attached hydrogen (secondary N) is 1. The van der Waals surface area contributed by atoms with Gasteiger partial charge in [0.2, 0.25) is 0 Å². The number of amides is 2. The average Bonchev–Trinajstić information content (AvgIpc) is 3.04. The zero-order valence-corrected chi connectivity index (χ0v) is 14.0. The van der Waals surface area contributed by atoms with Gasteiger partial charge in [-0.05, 0) is 49.4 Å². The second-order valence-corrected chi connectivity index (χ2v) is 6.38. The highest BCUT2D eigenvalue weighted by molar-refractivity contribution is 5.90. The van der Waals surface area contributed by atoms with Crippen LogP contribution in [0.4, 0.5) is 10.5 Å². The summed E-state index contributed by atoms with van der Waals surface area (Å²) < 4.78 is 0. The molecule has 1 aliphatic heterocycles. The van der Waals surface area contributed by atoms with Crippen LogP contribution in [0.5, 0.6) is 0 Å². The smallest absolute Gasteiger partial charge is 0.322 e. The molecule has 0 aliphatic carbocycles. The number of hydrogen-bond donors (Lipinski definition) is 2. The lowest BCUT2D eigenvalue weighted by molar-refractivity contribution is 0.189. The minimum atomic E-state index is -0.0765. The Kier molecular flexibility index (Phi) is 5.16. The molecule has 1 fully saturated rings. The predicted octanol–water partition coefficient (Wildman–Crippen LogP) is 4.04. The Morgan fingerprint density at radius 3 is 2.71 bits per heavy atom. The first-order chi connectivity index (χ1) is 11.7. The predicted molar refractivity (Wildman–Crippen MR) is 97.1 cm³/mol. The molecule has 126 valence electrons. The van der Waals surface area contributed by atoms with Gasteiger partial charge in [-0.1, -0.05) is 42.0 Å². The van der Waals surface area contributed by atoms with Gasteiger partial charge in [-0.25, -0.2) is 4.79 Å². The number of urea groups is 1. The van der Waals surface area contributed by atoms with Crippen LogP contribution in [-0.2, 0) is 0 Å². The van der Waals surface area contributed by atoms with Crippen molar-refractivity contribution in [3.05, 3.63) is 54.1 Å². The first kappa shape index (κ1) is 16.5. The molecule has 0 unspecified atom stereocenters. The van der Waals surface area contributed by atoms with Crippen molar-refractivity contribution >= 4 is 11.7 Å². The molecule has 1 heterocycles. The Labute approximate surface area is 143 Å². The average molecular weight is 324 g/mol. The van der Waals surface area contributed by atoms with Gasteiger partial charge in [0.1, 0.15) is 0 Å². The number of carbonyl (C=O) groups is 1. The third kappa shape index (κ3) is 3.77. The number of nitrogens with zero attached hydrogens (tertiary/aromatic N) is 1. The summed E-state index contributed by atoms with van der Waals surface area (Å²) in [5.41, 5.74) is 4.25. The molecule has 2 amide bonds. The lowest BCUT2D eigenvalue weighted by atomic mass is 10.0. The Bertz CT molecular complexity index is 714. The van der Waals surface area contributed by atoms with Crippen LogP contribution in [0.25, 0.3) is 11.1 Å². The molecule has 0 spiro atoms. The maximum Gasteiger partial charge on any atom is 0.322 e. The van der Waals surface area contributed by atoms with Gasteiger partial charge in [0.25, 0.3) is 0 Å². The highest BCUT2D eigenvalue weighted by Gasteiger charge is 2.28. The number of rotatable bonds is 4. The van der Waals surface area contributed by atoms with Gasteiger partial charge in [-0.3, -0.25) is 0 Å². The topological polar surface area (TPSA) is 52.6 Å². The number of anilines is 1. The van der Waals surface area contributed by atoms with E-state index in [0.29, 0.717) is 6.42 Å². The molecular formula is C20H24N2O2. The second kappa shape index (κ2) is 7.49. The Balaban J connectivity index is 1.74. The standard InChI is InChI=1S/C20H24N2O2/c1-15-5-2-6-16(13-15)17-7-3-8-18(14-17)21-20(24)22-11-4-9-19(22)10-12-23/h2-3,5-8,13-14,19,23H,4,9-12H2,1H3,(H,21,24)/t19-/m0/s1. The minimum absolute atomic E-state index is 0.0765. The van der Waals surface area contributed by atoms with E-state index >= 15 is 0 Å². The van der Waals surface area contributed by atoms with Crippen LogP contribution < -0.4 is 5.32 Å². The third-order valence-corrected chi connectivity index (χ3v) is 4.57. The van der Waals surface area contributed by atoms with E-state index in [4.69, 9.17) is 5.11 Å². The van der Waals surface area contributed by atoms with E-state index in [1.54, 1.807) is 0 Å². The highest BCUT2D eigenvalue weighted by Crippen LogP contribution is 2.25. The van der Waals surface area contributed by atoms with Gasteiger partial charge in [0.05, 0.1) is 0 Å². The Morgan fingerprint density at radius 1 is 1.21 bits per heavy atom. The summed E-state index contributed by atoms with van der Waals surface area (Å²) in [6.45, 7) is 2.95. The van der Waals surface area contributed by atoms with Gasteiger partial charge in [0, 0.05) is 24.9 Å². The molecule has 1 saturated heterocycles. The minimum Gasteiger partial charge on any atom is -0.396 e. The van der Waals surface area contributed by atoms with Gasteiger partial charge in [-0.15, -0.1) is 0 Å². The lowest BCUT2D eigenvalue weighted by Gasteiger charge is -2.24. The summed E-state index contributed by atoms with van der Waals surface area (Å²) in [7, 11) is 0. The van der Waals surface area contributed by atoms with Crippen molar-refractivity contribution in [3.8, 4) is 11.1 Å². The first-order valence-electron chi connectivity index (χ1n) is 8.53. The Hall–Kier alpha value is -2.33. The molecule has 0 radical (unpaired) electrons. The van der Waals surface area contributed by atoms with E-state index in [-0.39, 0.29) is 18.7 Å². The molecule has 2 aromatic carbocycles. The molecule has 0 saturated carbocycles. The van der Waals surface area contributed by atoms with Crippen molar-refractivity contribution in [1.29, 1.82) is 0 Å². The van der Waals surface area contributed by atoms with Gasteiger partial charge in [-0.2, -0.15) is 0 Å². The van der Waals surface area contributed by atoms with Crippen LogP contribution in [-0.4, -0.2) is 35.2 Å².